The molecule has 0 unspecified atom stereocenters. The minimum atomic E-state index is 0.623. The minimum absolute atomic E-state index is 0.623. The predicted octanol–water partition coefficient (Wildman–Crippen LogP) is 2.56. The Hall–Kier alpha value is -2.17. The zero-order valence-corrected chi connectivity index (χ0v) is 11.9. The minimum Gasteiger partial charge on any atom is -0.400 e. The highest BCUT2D eigenvalue weighted by Crippen LogP contribution is 2.30. The van der Waals surface area contributed by atoms with Crippen molar-refractivity contribution in [1.82, 2.24) is 4.98 Å². The standard InChI is InChI=1S/C14H21N5/c1-7-5-11(15)12(8(7)2)17-6-18-13-9(3)10(4)19-14(13)16/h6,19H,5,15-16H2,1-4H3,(H,17,18). The van der Waals surface area contributed by atoms with E-state index in [0.717, 1.165) is 40.3 Å². The number of nitrogen functional groups attached to an aromatic ring is 1. The van der Waals surface area contributed by atoms with Crippen LogP contribution in [0.5, 0.6) is 0 Å². The summed E-state index contributed by atoms with van der Waals surface area (Å²) in [4.78, 5) is 7.50. The zero-order chi connectivity index (χ0) is 14.2. The molecule has 0 saturated carbocycles. The Kier molecular flexibility index (Phi) is 3.38. The van der Waals surface area contributed by atoms with Crippen LogP contribution >= 0.6 is 0 Å². The van der Waals surface area contributed by atoms with Gasteiger partial charge in [-0.1, -0.05) is 5.57 Å². The third-order valence-electron chi connectivity index (χ3n) is 3.69. The molecule has 0 saturated heterocycles. The number of aliphatic imine (C=N–C) groups is 1. The van der Waals surface area contributed by atoms with Gasteiger partial charge in [0.2, 0.25) is 0 Å². The van der Waals surface area contributed by atoms with Gasteiger partial charge < -0.3 is 21.8 Å². The molecule has 102 valence electrons. The van der Waals surface area contributed by atoms with Crippen LogP contribution in [-0.4, -0.2) is 11.3 Å². The molecule has 0 spiro atoms. The molecule has 0 aromatic carbocycles. The van der Waals surface area contributed by atoms with E-state index in [1.807, 2.05) is 20.8 Å². The average molecular weight is 259 g/mol. The van der Waals surface area contributed by atoms with Crippen LogP contribution in [0.4, 0.5) is 11.5 Å². The smallest absolute Gasteiger partial charge is 0.125 e. The van der Waals surface area contributed by atoms with Crippen LogP contribution in [0, 0.1) is 13.8 Å². The van der Waals surface area contributed by atoms with Gasteiger partial charge in [-0.25, -0.2) is 4.99 Å². The number of aryl methyl sites for hydroxylation is 1. The summed E-state index contributed by atoms with van der Waals surface area (Å²) in [5.74, 6) is 0.623. The van der Waals surface area contributed by atoms with Gasteiger partial charge in [0.25, 0.3) is 0 Å². The Morgan fingerprint density at radius 1 is 1.21 bits per heavy atom. The molecule has 1 aromatic heterocycles. The molecule has 6 N–H and O–H groups in total. The summed E-state index contributed by atoms with van der Waals surface area (Å²) in [5.41, 5.74) is 19.0. The summed E-state index contributed by atoms with van der Waals surface area (Å²) < 4.78 is 0. The fourth-order valence-corrected chi connectivity index (χ4v) is 2.22. The fourth-order valence-electron chi connectivity index (χ4n) is 2.22. The number of nitrogens with two attached hydrogens (primary N) is 2. The molecule has 0 atom stereocenters. The van der Waals surface area contributed by atoms with Gasteiger partial charge in [0.1, 0.15) is 5.82 Å². The molecule has 0 radical (unpaired) electrons. The predicted molar refractivity (Wildman–Crippen MR) is 81.0 cm³/mol. The van der Waals surface area contributed by atoms with Crippen molar-refractivity contribution in [3.05, 3.63) is 33.8 Å². The number of hydrogen-bond donors (Lipinski definition) is 4. The summed E-state index contributed by atoms with van der Waals surface area (Å²) in [6.07, 6.45) is 2.46. The second kappa shape index (κ2) is 4.84. The average Bonchev–Trinajstić information content (AvgIpc) is 2.72. The number of anilines is 2. The lowest BCUT2D eigenvalue weighted by atomic mass is 10.2. The molecule has 1 aliphatic rings. The summed E-state index contributed by atoms with van der Waals surface area (Å²) >= 11 is 0. The number of aromatic amines is 1. The highest BCUT2D eigenvalue weighted by molar-refractivity contribution is 5.84. The molecule has 19 heavy (non-hydrogen) atoms. The number of allylic oxidation sites excluding steroid dienone is 2. The molecule has 0 aliphatic heterocycles. The number of aromatic nitrogens is 1. The zero-order valence-electron chi connectivity index (χ0n) is 11.9. The van der Waals surface area contributed by atoms with Gasteiger partial charge in [0.05, 0.1) is 17.7 Å². The molecule has 0 fully saturated rings. The van der Waals surface area contributed by atoms with E-state index in [4.69, 9.17) is 11.5 Å². The van der Waals surface area contributed by atoms with Crippen LogP contribution in [0.2, 0.25) is 0 Å². The second-order valence-corrected chi connectivity index (χ2v) is 5.02. The monoisotopic (exact) mass is 259 g/mol. The van der Waals surface area contributed by atoms with E-state index in [9.17, 15) is 0 Å². The SMILES string of the molecule is CC1=C(C)C(N=CNc2c(N)[nH]c(C)c2C)=C(N)C1. The maximum atomic E-state index is 5.97. The molecule has 5 nitrogen and oxygen atoms in total. The number of H-pyrrole nitrogens is 1. The summed E-state index contributed by atoms with van der Waals surface area (Å²) in [6.45, 7) is 8.12. The molecular formula is C14H21N5. The van der Waals surface area contributed by atoms with Gasteiger partial charge in [0.15, 0.2) is 0 Å². The first-order chi connectivity index (χ1) is 8.91. The second-order valence-electron chi connectivity index (χ2n) is 5.02. The molecule has 1 aromatic rings. The Balaban J connectivity index is 2.15. The summed E-state index contributed by atoms with van der Waals surface area (Å²) in [7, 11) is 0. The van der Waals surface area contributed by atoms with Gasteiger partial charge in [0, 0.05) is 17.8 Å². The van der Waals surface area contributed by atoms with Crippen molar-refractivity contribution in [1.29, 1.82) is 0 Å². The lowest BCUT2D eigenvalue weighted by Crippen LogP contribution is -2.01. The number of rotatable bonds is 3. The van der Waals surface area contributed by atoms with Crippen LogP contribution in [0.15, 0.2) is 27.5 Å². The third kappa shape index (κ3) is 2.36. The largest absolute Gasteiger partial charge is 0.400 e. The first-order valence-corrected chi connectivity index (χ1v) is 6.30. The lowest BCUT2D eigenvalue weighted by molar-refractivity contribution is 1.10. The molecule has 0 bridgehead atoms. The molecule has 1 heterocycles. The number of nitrogens with zero attached hydrogens (tertiary/aromatic N) is 1. The van der Waals surface area contributed by atoms with E-state index in [0.29, 0.717) is 5.82 Å². The van der Waals surface area contributed by atoms with Crippen LogP contribution in [0.25, 0.3) is 0 Å². The molecule has 1 aliphatic carbocycles. The fraction of sp³-hybridized carbons (Fsp3) is 0.357. The van der Waals surface area contributed by atoms with E-state index in [1.165, 1.54) is 5.57 Å². The quantitative estimate of drug-likeness (QED) is 0.496. The normalized spacial score (nSPS) is 16.0. The Morgan fingerprint density at radius 3 is 2.37 bits per heavy atom. The van der Waals surface area contributed by atoms with E-state index in [2.05, 4.69) is 22.2 Å². The Bertz CT molecular complexity index is 602. The van der Waals surface area contributed by atoms with Crippen molar-refractivity contribution in [3.63, 3.8) is 0 Å². The number of nitrogens with one attached hydrogen (secondary N) is 2. The van der Waals surface area contributed by atoms with E-state index < -0.39 is 0 Å². The van der Waals surface area contributed by atoms with E-state index in [-0.39, 0.29) is 0 Å². The maximum absolute atomic E-state index is 5.97. The topological polar surface area (TPSA) is 92.2 Å². The third-order valence-corrected chi connectivity index (χ3v) is 3.69. The van der Waals surface area contributed by atoms with E-state index in [1.54, 1.807) is 6.34 Å². The number of hydrogen-bond acceptors (Lipinski definition) is 3. The van der Waals surface area contributed by atoms with Crippen molar-refractivity contribution in [2.24, 2.45) is 10.7 Å². The van der Waals surface area contributed by atoms with Gasteiger partial charge in [-0.15, -0.1) is 0 Å². The Morgan fingerprint density at radius 2 is 1.89 bits per heavy atom. The Labute approximate surface area is 113 Å². The van der Waals surface area contributed by atoms with Crippen molar-refractivity contribution in [3.8, 4) is 0 Å². The first kappa shape index (κ1) is 13.3. The van der Waals surface area contributed by atoms with Crippen LogP contribution < -0.4 is 16.8 Å². The lowest BCUT2D eigenvalue weighted by Gasteiger charge is -2.03. The van der Waals surface area contributed by atoms with Crippen molar-refractivity contribution < 1.29 is 0 Å². The van der Waals surface area contributed by atoms with Gasteiger partial charge in [-0.05, 0) is 38.8 Å². The van der Waals surface area contributed by atoms with Crippen LogP contribution in [0.1, 0.15) is 31.5 Å². The molecular weight excluding hydrogens is 238 g/mol. The van der Waals surface area contributed by atoms with Crippen molar-refractivity contribution >= 4 is 17.8 Å². The van der Waals surface area contributed by atoms with E-state index >= 15 is 0 Å². The highest BCUT2D eigenvalue weighted by Gasteiger charge is 2.15. The van der Waals surface area contributed by atoms with Crippen molar-refractivity contribution in [2.75, 3.05) is 11.1 Å². The van der Waals surface area contributed by atoms with Gasteiger partial charge >= 0.3 is 0 Å². The molecule has 0 amide bonds. The van der Waals surface area contributed by atoms with Gasteiger partial charge in [-0.3, -0.25) is 0 Å². The first-order valence-electron chi connectivity index (χ1n) is 6.30. The van der Waals surface area contributed by atoms with Gasteiger partial charge in [-0.2, -0.15) is 0 Å². The summed E-state index contributed by atoms with van der Waals surface area (Å²) in [5, 5.41) is 3.12. The van der Waals surface area contributed by atoms with Crippen molar-refractivity contribution in [2.45, 2.75) is 34.1 Å². The molecule has 5 heteroatoms. The summed E-state index contributed by atoms with van der Waals surface area (Å²) in [6, 6.07) is 0. The maximum Gasteiger partial charge on any atom is 0.125 e. The molecule has 2 rings (SSSR count). The van der Waals surface area contributed by atoms with Crippen LogP contribution in [0.3, 0.4) is 0 Å². The highest BCUT2D eigenvalue weighted by atomic mass is 15.0. The van der Waals surface area contributed by atoms with Crippen LogP contribution in [-0.2, 0) is 0 Å².